The molecule has 0 atom stereocenters. The molecule has 3 heteroatoms. The van der Waals surface area contributed by atoms with Gasteiger partial charge >= 0.3 is 0 Å². The second kappa shape index (κ2) is 6.13. The summed E-state index contributed by atoms with van der Waals surface area (Å²) in [5.74, 6) is 0. The lowest BCUT2D eigenvalue weighted by atomic mass is 10.0. The molecule has 0 bridgehead atoms. The van der Waals surface area contributed by atoms with Crippen LogP contribution in [0.2, 0.25) is 12.6 Å². The van der Waals surface area contributed by atoms with Crippen LogP contribution in [0.4, 0.5) is 0 Å². The van der Waals surface area contributed by atoms with Crippen LogP contribution in [0, 0.1) is 6.92 Å². The molecule has 2 aromatic carbocycles. The fraction of sp³-hybridized carbons (Fsp3) is 0.250. The van der Waals surface area contributed by atoms with Gasteiger partial charge in [0, 0.05) is 0 Å². The number of rotatable bonds is 4. The van der Waals surface area contributed by atoms with Gasteiger partial charge in [-0.25, -0.2) is 0 Å². The van der Waals surface area contributed by atoms with Crippen LogP contribution in [0.3, 0.4) is 0 Å². The molecule has 0 aliphatic carbocycles. The molecule has 19 heavy (non-hydrogen) atoms. The van der Waals surface area contributed by atoms with Gasteiger partial charge in [-0.3, -0.25) is 0 Å². The van der Waals surface area contributed by atoms with Gasteiger partial charge in [0.15, 0.2) is 0 Å². The minimum absolute atomic E-state index is 0.903. The standard InChI is InChI=1S/C16H18Cl2Si/c1-13-3-7-15(8-4-13)16-9-5-14(6-10-16)11-12-19(2,17)18/h3-10H,11-12H2,1-2H3. The van der Waals surface area contributed by atoms with Crippen LogP contribution in [-0.4, -0.2) is 6.69 Å². The maximum atomic E-state index is 6.13. The average Bonchev–Trinajstić information content (AvgIpc) is 2.37. The van der Waals surface area contributed by atoms with Crippen molar-refractivity contribution in [3.05, 3.63) is 59.7 Å². The van der Waals surface area contributed by atoms with E-state index in [-0.39, 0.29) is 0 Å². The minimum Gasteiger partial charge on any atom is -0.146 e. The molecule has 0 unspecified atom stereocenters. The molecule has 0 aliphatic heterocycles. The smallest absolute Gasteiger partial charge is 0.146 e. The Morgan fingerprint density at radius 3 is 1.79 bits per heavy atom. The third-order valence-electron chi connectivity index (χ3n) is 3.19. The fourth-order valence-corrected chi connectivity index (χ4v) is 3.27. The Kier molecular flexibility index (Phi) is 4.72. The van der Waals surface area contributed by atoms with Crippen molar-refractivity contribution in [1.29, 1.82) is 0 Å². The van der Waals surface area contributed by atoms with Crippen LogP contribution < -0.4 is 0 Å². The van der Waals surface area contributed by atoms with Gasteiger partial charge in [0.05, 0.1) is 0 Å². The number of hydrogen-bond acceptors (Lipinski definition) is 0. The Morgan fingerprint density at radius 2 is 1.32 bits per heavy atom. The van der Waals surface area contributed by atoms with Crippen LogP contribution in [0.1, 0.15) is 11.1 Å². The molecule has 2 aromatic rings. The lowest BCUT2D eigenvalue weighted by Crippen LogP contribution is -2.13. The van der Waals surface area contributed by atoms with E-state index in [0.29, 0.717) is 0 Å². The van der Waals surface area contributed by atoms with Crippen LogP contribution in [-0.2, 0) is 6.42 Å². The van der Waals surface area contributed by atoms with E-state index in [1.54, 1.807) is 0 Å². The molecular weight excluding hydrogens is 291 g/mol. The lowest BCUT2D eigenvalue weighted by Gasteiger charge is -2.10. The molecule has 0 aromatic heterocycles. The first-order valence-electron chi connectivity index (χ1n) is 6.48. The molecule has 0 radical (unpaired) electrons. The fourth-order valence-electron chi connectivity index (χ4n) is 1.97. The summed E-state index contributed by atoms with van der Waals surface area (Å²) in [5, 5.41) is 0. The summed E-state index contributed by atoms with van der Waals surface area (Å²) in [6.07, 6.45) is 0.962. The maximum absolute atomic E-state index is 6.13. The number of halogens is 2. The molecule has 0 nitrogen and oxygen atoms in total. The molecule has 0 aliphatic rings. The second-order valence-corrected chi connectivity index (χ2v) is 13.4. The monoisotopic (exact) mass is 308 g/mol. The number of hydrogen-bond donors (Lipinski definition) is 0. The highest BCUT2D eigenvalue weighted by Gasteiger charge is 2.20. The molecule has 100 valence electrons. The van der Waals surface area contributed by atoms with Crippen molar-refractivity contribution in [2.75, 3.05) is 0 Å². The summed E-state index contributed by atoms with van der Waals surface area (Å²) < 4.78 is 0. The summed E-state index contributed by atoms with van der Waals surface area (Å²) in [4.78, 5) is 0. The van der Waals surface area contributed by atoms with E-state index in [1.807, 2.05) is 6.55 Å². The Hall–Kier alpha value is -0.763. The summed E-state index contributed by atoms with van der Waals surface area (Å²) in [5.41, 5.74) is 5.09. The third kappa shape index (κ3) is 4.68. The van der Waals surface area contributed by atoms with Gasteiger partial charge in [0.25, 0.3) is 0 Å². The topological polar surface area (TPSA) is 0 Å². The molecule has 0 amide bonds. The van der Waals surface area contributed by atoms with Gasteiger partial charge in [0.1, 0.15) is 0 Å². The van der Waals surface area contributed by atoms with Gasteiger partial charge in [-0.1, -0.05) is 54.1 Å². The van der Waals surface area contributed by atoms with Gasteiger partial charge in [-0.05, 0) is 42.6 Å². The molecule has 0 spiro atoms. The van der Waals surface area contributed by atoms with Crippen molar-refractivity contribution < 1.29 is 0 Å². The molecule has 0 N–H and O–H groups in total. The molecule has 2 rings (SSSR count). The van der Waals surface area contributed by atoms with Crippen molar-refractivity contribution in [1.82, 2.24) is 0 Å². The first-order chi connectivity index (χ1) is 8.94. The number of aryl methyl sites for hydroxylation is 2. The lowest BCUT2D eigenvalue weighted by molar-refractivity contribution is 1.12. The Bertz CT molecular complexity index is 524. The Labute approximate surface area is 125 Å². The zero-order valence-corrected chi connectivity index (χ0v) is 13.8. The van der Waals surface area contributed by atoms with Crippen LogP contribution in [0.25, 0.3) is 11.1 Å². The van der Waals surface area contributed by atoms with Crippen molar-refractivity contribution in [2.45, 2.75) is 25.9 Å². The van der Waals surface area contributed by atoms with E-state index in [9.17, 15) is 0 Å². The van der Waals surface area contributed by atoms with E-state index in [1.165, 1.54) is 22.3 Å². The summed E-state index contributed by atoms with van der Waals surface area (Å²) in [6.45, 7) is 2.09. The summed E-state index contributed by atoms with van der Waals surface area (Å²) >= 11 is 12.3. The average molecular weight is 309 g/mol. The van der Waals surface area contributed by atoms with Crippen molar-refractivity contribution in [3.63, 3.8) is 0 Å². The predicted octanol–water partition coefficient (Wildman–Crippen LogP) is 5.75. The largest absolute Gasteiger partial charge is 0.248 e. The first-order valence-corrected chi connectivity index (χ1v) is 11.2. The quantitative estimate of drug-likeness (QED) is 0.498. The third-order valence-corrected chi connectivity index (χ3v) is 5.45. The van der Waals surface area contributed by atoms with Crippen LogP contribution in [0.5, 0.6) is 0 Å². The SMILES string of the molecule is Cc1ccc(-c2ccc(CC[Si](C)(Cl)Cl)cc2)cc1. The van der Waals surface area contributed by atoms with Crippen molar-refractivity contribution in [2.24, 2.45) is 0 Å². The van der Waals surface area contributed by atoms with Crippen LogP contribution >= 0.6 is 22.2 Å². The molecular formula is C16H18Cl2Si. The normalized spacial score (nSPS) is 11.6. The van der Waals surface area contributed by atoms with Crippen molar-refractivity contribution in [3.8, 4) is 11.1 Å². The highest BCUT2D eigenvalue weighted by molar-refractivity contribution is 7.44. The summed E-state index contributed by atoms with van der Waals surface area (Å²) in [7, 11) is 0. The highest BCUT2D eigenvalue weighted by Crippen LogP contribution is 2.24. The zero-order valence-electron chi connectivity index (χ0n) is 11.3. The van der Waals surface area contributed by atoms with Crippen LogP contribution in [0.15, 0.2) is 48.5 Å². The second-order valence-electron chi connectivity index (χ2n) is 5.13. The van der Waals surface area contributed by atoms with E-state index in [4.69, 9.17) is 22.2 Å². The molecule has 0 saturated heterocycles. The van der Waals surface area contributed by atoms with Gasteiger partial charge in [-0.15, -0.1) is 22.2 Å². The highest BCUT2D eigenvalue weighted by atomic mass is 35.7. The number of benzene rings is 2. The zero-order chi connectivity index (χ0) is 13.9. The maximum Gasteiger partial charge on any atom is 0.248 e. The minimum atomic E-state index is -1.98. The van der Waals surface area contributed by atoms with E-state index >= 15 is 0 Å². The summed E-state index contributed by atoms with van der Waals surface area (Å²) in [6, 6.07) is 18.2. The molecule has 0 heterocycles. The Balaban J connectivity index is 2.08. The first kappa shape index (κ1) is 14.6. The molecule has 0 saturated carbocycles. The van der Waals surface area contributed by atoms with Gasteiger partial charge in [-0.2, -0.15) is 0 Å². The van der Waals surface area contributed by atoms with Gasteiger partial charge < -0.3 is 0 Å². The van der Waals surface area contributed by atoms with E-state index in [2.05, 4.69) is 55.5 Å². The Morgan fingerprint density at radius 1 is 0.842 bits per heavy atom. The van der Waals surface area contributed by atoms with Crippen molar-refractivity contribution >= 4 is 28.9 Å². The van der Waals surface area contributed by atoms with Gasteiger partial charge in [0.2, 0.25) is 6.69 Å². The van der Waals surface area contributed by atoms with E-state index in [0.717, 1.165) is 12.5 Å². The van der Waals surface area contributed by atoms with E-state index < -0.39 is 6.69 Å². The predicted molar refractivity (Wildman–Crippen MR) is 88.5 cm³/mol. The molecule has 0 fully saturated rings.